The molecule has 1 unspecified atom stereocenters. The molecule has 1 aromatic carbocycles. The van der Waals surface area contributed by atoms with Gasteiger partial charge in [0.2, 0.25) is 0 Å². The lowest BCUT2D eigenvalue weighted by Gasteiger charge is -2.10. The number of hydrogen-bond donors (Lipinski definition) is 3. The van der Waals surface area contributed by atoms with Crippen molar-refractivity contribution in [2.24, 2.45) is 5.73 Å². The average Bonchev–Trinajstić information content (AvgIpc) is 2.38. The van der Waals surface area contributed by atoms with E-state index in [0.29, 0.717) is 6.61 Å². The largest absolute Gasteiger partial charge is 0.489 e. The normalized spacial score (nSPS) is 13.8. The summed E-state index contributed by atoms with van der Waals surface area (Å²) in [6.07, 6.45) is 4.10. The third kappa shape index (κ3) is 4.26. The molecule has 1 aliphatic rings. The van der Waals surface area contributed by atoms with Crippen LogP contribution in [0.3, 0.4) is 0 Å². The van der Waals surface area contributed by atoms with E-state index in [2.05, 4.69) is 6.08 Å². The van der Waals surface area contributed by atoms with Crippen LogP contribution in [0.15, 0.2) is 30.3 Å². The highest BCUT2D eigenvalue weighted by Gasteiger charge is 2.07. The first-order chi connectivity index (χ1) is 8.15. The summed E-state index contributed by atoms with van der Waals surface area (Å²) in [5, 5.41) is 15.9. The molecule has 0 saturated carbocycles. The molecule has 0 bridgehead atoms. The van der Waals surface area contributed by atoms with Crippen LogP contribution in [-0.2, 0) is 4.79 Å². The van der Waals surface area contributed by atoms with E-state index in [1.807, 2.05) is 30.3 Å². The molecule has 1 heterocycles. The molecule has 4 N–H and O–H groups in total. The van der Waals surface area contributed by atoms with Crippen LogP contribution in [0.1, 0.15) is 5.56 Å². The predicted molar refractivity (Wildman–Crippen MR) is 63.7 cm³/mol. The van der Waals surface area contributed by atoms with Gasteiger partial charge in [0.05, 0.1) is 6.61 Å². The Labute approximate surface area is 99.1 Å². The lowest BCUT2D eigenvalue weighted by atomic mass is 10.1. The first kappa shape index (κ1) is 13.2. The van der Waals surface area contributed by atoms with Crippen molar-refractivity contribution < 1.29 is 19.7 Å². The molecule has 0 aliphatic carbocycles. The van der Waals surface area contributed by atoms with E-state index < -0.39 is 18.6 Å². The van der Waals surface area contributed by atoms with Gasteiger partial charge >= 0.3 is 5.97 Å². The molecular formula is C12H15NO4. The van der Waals surface area contributed by atoms with Gasteiger partial charge in [0.25, 0.3) is 0 Å². The van der Waals surface area contributed by atoms with Crippen LogP contribution in [-0.4, -0.2) is 35.4 Å². The van der Waals surface area contributed by atoms with Gasteiger partial charge in [0.15, 0.2) is 0 Å². The summed E-state index contributed by atoms with van der Waals surface area (Å²) < 4.78 is 5.34. The fourth-order valence-corrected chi connectivity index (χ4v) is 1.14. The fraction of sp³-hybridized carbons (Fsp3) is 0.250. The maximum atomic E-state index is 9.65. The minimum absolute atomic E-state index is 0.505. The van der Waals surface area contributed by atoms with Crippen LogP contribution < -0.4 is 10.5 Å². The van der Waals surface area contributed by atoms with Crippen molar-refractivity contribution in [3.8, 4) is 5.75 Å². The molecule has 0 spiro atoms. The zero-order chi connectivity index (χ0) is 12.7. The number of benzene rings is 1. The van der Waals surface area contributed by atoms with Gasteiger partial charge in [-0.15, -0.1) is 0 Å². The van der Waals surface area contributed by atoms with Gasteiger partial charge in [-0.2, -0.15) is 0 Å². The molecule has 2 rings (SSSR count). The molecule has 1 aliphatic heterocycles. The average molecular weight is 237 g/mol. The summed E-state index contributed by atoms with van der Waals surface area (Å²) in [5.41, 5.74) is 5.94. The quantitative estimate of drug-likeness (QED) is 0.695. The summed E-state index contributed by atoms with van der Waals surface area (Å²) in [4.78, 5) is 9.65. The minimum atomic E-state index is -1.18. The van der Waals surface area contributed by atoms with Crippen LogP contribution in [0.25, 0.3) is 6.08 Å². The summed E-state index contributed by atoms with van der Waals surface area (Å²) in [7, 11) is 0. The van der Waals surface area contributed by atoms with Crippen molar-refractivity contribution in [2.45, 2.75) is 6.04 Å². The highest BCUT2D eigenvalue weighted by molar-refractivity contribution is 5.73. The smallest absolute Gasteiger partial charge is 0.322 e. The highest BCUT2D eigenvalue weighted by atomic mass is 16.5. The van der Waals surface area contributed by atoms with Gasteiger partial charge in [0, 0.05) is 5.56 Å². The van der Waals surface area contributed by atoms with E-state index in [0.717, 1.165) is 5.75 Å². The zero-order valence-electron chi connectivity index (χ0n) is 9.24. The zero-order valence-corrected chi connectivity index (χ0v) is 9.24. The summed E-state index contributed by atoms with van der Waals surface area (Å²) in [6.45, 7) is 0.201. The van der Waals surface area contributed by atoms with Gasteiger partial charge < -0.3 is 20.7 Å². The number of nitrogens with two attached hydrogens (primary N) is 1. The van der Waals surface area contributed by atoms with Crippen molar-refractivity contribution in [1.29, 1.82) is 0 Å². The number of carboxylic acids is 1. The second-order valence-corrected chi connectivity index (χ2v) is 3.38. The molecule has 0 fully saturated rings. The Kier molecular flexibility index (Phi) is 5.19. The third-order valence-electron chi connectivity index (χ3n) is 2.07. The lowest BCUT2D eigenvalue weighted by molar-refractivity contribution is -0.139. The Morgan fingerprint density at radius 1 is 1.47 bits per heavy atom. The molecule has 0 amide bonds. The number of carbonyl (C=O) groups is 1. The van der Waals surface area contributed by atoms with E-state index in [1.165, 1.54) is 5.56 Å². The van der Waals surface area contributed by atoms with E-state index in [9.17, 15) is 4.79 Å². The molecule has 92 valence electrons. The number of carboxylic acid groups (broad SMARTS) is 1. The molecule has 1 atom stereocenters. The van der Waals surface area contributed by atoms with Crippen molar-refractivity contribution in [1.82, 2.24) is 0 Å². The molecular weight excluding hydrogens is 222 g/mol. The highest BCUT2D eigenvalue weighted by Crippen LogP contribution is 2.21. The predicted octanol–water partition coefficient (Wildman–Crippen LogP) is 0.483. The van der Waals surface area contributed by atoms with Crippen molar-refractivity contribution in [2.75, 3.05) is 13.2 Å². The molecule has 0 aromatic heterocycles. The lowest BCUT2D eigenvalue weighted by Crippen LogP contribution is -2.33. The second-order valence-electron chi connectivity index (χ2n) is 3.38. The maximum absolute atomic E-state index is 9.65. The van der Waals surface area contributed by atoms with Crippen LogP contribution in [0, 0.1) is 0 Å². The van der Waals surface area contributed by atoms with Crippen molar-refractivity contribution >= 4 is 12.0 Å². The Bertz CT molecular complexity index is 403. The Hall–Kier alpha value is -1.85. The molecule has 17 heavy (non-hydrogen) atoms. The number of aliphatic hydroxyl groups excluding tert-OH is 1. The van der Waals surface area contributed by atoms with Crippen LogP contribution in [0.2, 0.25) is 0 Å². The number of aliphatic hydroxyl groups is 1. The van der Waals surface area contributed by atoms with E-state index >= 15 is 0 Å². The summed E-state index contributed by atoms with van der Waals surface area (Å²) in [5.74, 6) is -0.187. The SMILES string of the molecule is C1=Cc2ccccc2OC1.NC(CO)C(=O)O. The first-order valence-electron chi connectivity index (χ1n) is 5.12. The molecule has 0 radical (unpaired) electrons. The van der Waals surface area contributed by atoms with Gasteiger partial charge in [-0.3, -0.25) is 4.79 Å². The Morgan fingerprint density at radius 2 is 2.18 bits per heavy atom. The minimum Gasteiger partial charge on any atom is -0.489 e. The van der Waals surface area contributed by atoms with E-state index in [1.54, 1.807) is 0 Å². The molecule has 5 heteroatoms. The Morgan fingerprint density at radius 3 is 2.71 bits per heavy atom. The van der Waals surface area contributed by atoms with Gasteiger partial charge in [-0.1, -0.05) is 24.3 Å². The third-order valence-corrected chi connectivity index (χ3v) is 2.07. The number of hydrogen-bond acceptors (Lipinski definition) is 4. The van der Waals surface area contributed by atoms with Gasteiger partial charge in [-0.05, 0) is 12.1 Å². The number of ether oxygens (including phenoxy) is 1. The second kappa shape index (κ2) is 6.67. The number of rotatable bonds is 2. The van der Waals surface area contributed by atoms with Crippen molar-refractivity contribution in [3.05, 3.63) is 35.9 Å². The molecule has 5 nitrogen and oxygen atoms in total. The van der Waals surface area contributed by atoms with Crippen LogP contribution in [0.4, 0.5) is 0 Å². The summed E-state index contributed by atoms with van der Waals surface area (Å²) in [6, 6.07) is 6.90. The standard InChI is InChI=1S/C9H8O.C3H7NO3/c1-2-6-9-8(4-1)5-3-7-10-9;4-2(1-5)3(6)7/h1-6H,7H2;2,5H,1,4H2,(H,6,7). The topological polar surface area (TPSA) is 92.8 Å². The van der Waals surface area contributed by atoms with Gasteiger partial charge in [-0.25, -0.2) is 0 Å². The molecule has 1 aromatic rings. The molecule has 0 saturated heterocycles. The van der Waals surface area contributed by atoms with Crippen LogP contribution >= 0.6 is 0 Å². The maximum Gasteiger partial charge on any atom is 0.322 e. The van der Waals surface area contributed by atoms with Crippen molar-refractivity contribution in [3.63, 3.8) is 0 Å². The monoisotopic (exact) mass is 237 g/mol. The van der Waals surface area contributed by atoms with Gasteiger partial charge in [0.1, 0.15) is 18.4 Å². The Balaban J connectivity index is 0.000000185. The first-order valence-corrected chi connectivity index (χ1v) is 5.12. The van der Waals surface area contributed by atoms with Crippen LogP contribution in [0.5, 0.6) is 5.75 Å². The number of para-hydroxylation sites is 1. The van der Waals surface area contributed by atoms with E-state index in [4.69, 9.17) is 20.7 Å². The number of aliphatic carboxylic acids is 1. The van der Waals surface area contributed by atoms with E-state index in [-0.39, 0.29) is 0 Å². The fourth-order valence-electron chi connectivity index (χ4n) is 1.14. The summed E-state index contributed by atoms with van der Waals surface area (Å²) >= 11 is 0. The number of fused-ring (bicyclic) bond motifs is 1.